The van der Waals surface area contributed by atoms with E-state index in [1.54, 1.807) is 32.9 Å². The van der Waals surface area contributed by atoms with Crippen LogP contribution in [-0.4, -0.2) is 44.2 Å². The van der Waals surface area contributed by atoms with E-state index in [2.05, 4.69) is 15.5 Å². The molecule has 0 saturated heterocycles. The molecule has 0 spiro atoms. The highest BCUT2D eigenvalue weighted by molar-refractivity contribution is 6.34. The van der Waals surface area contributed by atoms with E-state index < -0.39 is 17.7 Å². The first-order valence-corrected chi connectivity index (χ1v) is 11.9. The molecule has 0 aliphatic heterocycles. The Balaban J connectivity index is 2.36. The van der Waals surface area contributed by atoms with Gasteiger partial charge in [-0.25, -0.2) is 0 Å². The zero-order valence-corrected chi connectivity index (χ0v) is 21.8. The molecule has 2 aromatic rings. The molecular weight excluding hydrogens is 497 g/mol. The third kappa shape index (κ3) is 7.47. The lowest BCUT2D eigenvalue weighted by Crippen LogP contribution is -2.32. The molecule has 0 aliphatic rings. The number of hydrogen-bond acceptors (Lipinski definition) is 8. The molecular formula is C24H29Cl2N3O6. The topological polar surface area (TPSA) is 108 Å². The molecule has 0 aliphatic carbocycles. The molecule has 9 nitrogen and oxygen atoms in total. The third-order valence-corrected chi connectivity index (χ3v) is 5.10. The molecule has 0 bridgehead atoms. The van der Waals surface area contributed by atoms with E-state index in [0.29, 0.717) is 54.4 Å². The van der Waals surface area contributed by atoms with Gasteiger partial charge >= 0.3 is 0 Å². The molecule has 1 unspecified atom stereocenters. The largest absolute Gasteiger partial charge is 0.492 e. The van der Waals surface area contributed by atoms with E-state index in [9.17, 15) is 9.59 Å². The Labute approximate surface area is 214 Å². The number of carbonyl (C=O) groups excluding carboxylic acids is 2. The van der Waals surface area contributed by atoms with E-state index >= 15 is 0 Å². The zero-order valence-electron chi connectivity index (χ0n) is 20.3. The summed E-state index contributed by atoms with van der Waals surface area (Å²) in [5.74, 6) is 0.218. The summed E-state index contributed by atoms with van der Waals surface area (Å²) in [4.78, 5) is 25.2. The second-order valence-corrected chi connectivity index (χ2v) is 7.74. The standard InChI is InChI=1S/C24H29Cl2N3O6/c1-6-32-18-11-10-16(21(26)23(18)35-9-4)28-29-22(14(5)30)24(31)27-17-13-19(33-7-2)15(25)12-20(17)34-8-3/h10-13,22H,6-9H2,1-5H3,(H,27,31). The summed E-state index contributed by atoms with van der Waals surface area (Å²) in [5.41, 5.74) is 0.502. The van der Waals surface area contributed by atoms with Gasteiger partial charge in [0.05, 0.1) is 37.1 Å². The minimum absolute atomic E-state index is 0.155. The molecule has 0 saturated carbocycles. The van der Waals surface area contributed by atoms with Crippen LogP contribution < -0.4 is 24.3 Å². The maximum Gasteiger partial charge on any atom is 0.258 e. The summed E-state index contributed by atoms with van der Waals surface area (Å²) in [7, 11) is 0. The van der Waals surface area contributed by atoms with Gasteiger partial charge in [0.15, 0.2) is 17.3 Å². The van der Waals surface area contributed by atoms with Gasteiger partial charge in [0.2, 0.25) is 6.04 Å². The normalized spacial score (nSPS) is 11.7. The summed E-state index contributed by atoms with van der Waals surface area (Å²) in [6.07, 6.45) is 0. The van der Waals surface area contributed by atoms with E-state index in [1.165, 1.54) is 19.1 Å². The number of hydrogen-bond donors (Lipinski definition) is 1. The van der Waals surface area contributed by atoms with Crippen molar-refractivity contribution >= 4 is 46.3 Å². The van der Waals surface area contributed by atoms with Crippen molar-refractivity contribution in [2.24, 2.45) is 10.2 Å². The summed E-state index contributed by atoms with van der Waals surface area (Å²) in [5, 5.41) is 11.2. The molecule has 0 heterocycles. The number of rotatable bonds is 13. The van der Waals surface area contributed by atoms with Gasteiger partial charge in [-0.05, 0) is 46.8 Å². The molecule has 0 aromatic heterocycles. The lowest BCUT2D eigenvalue weighted by molar-refractivity contribution is -0.126. The van der Waals surface area contributed by atoms with Gasteiger partial charge in [0, 0.05) is 12.1 Å². The Kier molecular flexibility index (Phi) is 11.1. The number of amides is 1. The first-order valence-electron chi connectivity index (χ1n) is 11.2. The van der Waals surface area contributed by atoms with E-state index in [4.69, 9.17) is 42.1 Å². The summed E-state index contributed by atoms with van der Waals surface area (Å²) >= 11 is 12.7. The highest BCUT2D eigenvalue weighted by Crippen LogP contribution is 2.42. The molecule has 0 fully saturated rings. The van der Waals surface area contributed by atoms with Gasteiger partial charge in [-0.1, -0.05) is 23.2 Å². The summed E-state index contributed by atoms with van der Waals surface area (Å²) in [6, 6.07) is 4.82. The third-order valence-electron chi connectivity index (χ3n) is 4.44. The predicted octanol–water partition coefficient (Wildman–Crippen LogP) is 6.27. The van der Waals surface area contributed by atoms with Crippen molar-refractivity contribution in [2.45, 2.75) is 40.7 Å². The zero-order chi connectivity index (χ0) is 26.0. The minimum atomic E-state index is -1.44. The maximum atomic E-state index is 13.0. The Hall–Kier alpha value is -3.04. The number of anilines is 1. The Morgan fingerprint density at radius 1 is 0.886 bits per heavy atom. The second kappa shape index (κ2) is 13.7. The van der Waals surface area contributed by atoms with Gasteiger partial charge in [0.25, 0.3) is 5.91 Å². The van der Waals surface area contributed by atoms with Crippen LogP contribution in [-0.2, 0) is 9.59 Å². The average molecular weight is 526 g/mol. The molecule has 0 radical (unpaired) electrons. The average Bonchev–Trinajstić information content (AvgIpc) is 2.80. The quantitative estimate of drug-likeness (QED) is 0.244. The predicted molar refractivity (Wildman–Crippen MR) is 135 cm³/mol. The van der Waals surface area contributed by atoms with Gasteiger partial charge in [-0.3, -0.25) is 9.59 Å². The van der Waals surface area contributed by atoms with Crippen molar-refractivity contribution < 1.29 is 28.5 Å². The van der Waals surface area contributed by atoms with Crippen LogP contribution in [0.5, 0.6) is 23.0 Å². The van der Waals surface area contributed by atoms with Crippen molar-refractivity contribution in [2.75, 3.05) is 31.7 Å². The summed E-state index contributed by atoms with van der Waals surface area (Å²) in [6.45, 7) is 9.96. The van der Waals surface area contributed by atoms with Crippen LogP contribution in [0.2, 0.25) is 10.0 Å². The number of ketones is 1. The SMILES string of the molecule is CCOc1cc(NC(=O)C(N=Nc2ccc(OCC)c(OCC)c2Cl)C(C)=O)c(OCC)cc1Cl. The molecule has 190 valence electrons. The molecule has 1 amide bonds. The van der Waals surface area contributed by atoms with E-state index in [-0.39, 0.29) is 16.4 Å². The minimum Gasteiger partial charge on any atom is -0.492 e. The number of halogens is 2. The van der Waals surface area contributed by atoms with E-state index in [1.807, 2.05) is 6.92 Å². The number of Topliss-reactive ketones (excluding diaryl/α,β-unsaturated/α-hetero) is 1. The fraction of sp³-hybridized carbons (Fsp3) is 0.417. The number of ether oxygens (including phenoxy) is 4. The first-order chi connectivity index (χ1) is 16.8. The summed E-state index contributed by atoms with van der Waals surface area (Å²) < 4.78 is 22.2. The number of nitrogens with zero attached hydrogens (tertiary/aromatic N) is 2. The van der Waals surface area contributed by atoms with Crippen LogP contribution in [0.1, 0.15) is 34.6 Å². The number of azo groups is 1. The maximum absolute atomic E-state index is 13.0. The van der Waals surface area contributed by atoms with Gasteiger partial charge in [-0.15, -0.1) is 0 Å². The van der Waals surface area contributed by atoms with Gasteiger partial charge < -0.3 is 24.3 Å². The molecule has 1 atom stereocenters. The van der Waals surface area contributed by atoms with Gasteiger partial charge in [0.1, 0.15) is 22.2 Å². The molecule has 2 aromatic carbocycles. The van der Waals surface area contributed by atoms with Crippen molar-refractivity contribution in [1.29, 1.82) is 0 Å². The highest BCUT2D eigenvalue weighted by Gasteiger charge is 2.25. The van der Waals surface area contributed by atoms with Crippen LogP contribution in [0, 0.1) is 0 Å². The van der Waals surface area contributed by atoms with Crippen molar-refractivity contribution in [3.05, 3.63) is 34.3 Å². The molecule has 11 heteroatoms. The Bertz CT molecular complexity index is 1080. The van der Waals surface area contributed by atoms with Crippen LogP contribution in [0.4, 0.5) is 11.4 Å². The smallest absolute Gasteiger partial charge is 0.258 e. The van der Waals surface area contributed by atoms with Crippen LogP contribution >= 0.6 is 23.2 Å². The lowest BCUT2D eigenvalue weighted by atomic mass is 10.2. The van der Waals surface area contributed by atoms with Crippen LogP contribution in [0.3, 0.4) is 0 Å². The van der Waals surface area contributed by atoms with Crippen molar-refractivity contribution in [3.8, 4) is 23.0 Å². The number of nitrogens with one attached hydrogen (secondary N) is 1. The second-order valence-electron chi connectivity index (χ2n) is 6.95. The van der Waals surface area contributed by atoms with Gasteiger partial charge in [-0.2, -0.15) is 10.2 Å². The van der Waals surface area contributed by atoms with Crippen LogP contribution in [0.15, 0.2) is 34.5 Å². The lowest BCUT2D eigenvalue weighted by Gasteiger charge is -2.16. The molecule has 2 rings (SSSR count). The highest BCUT2D eigenvalue weighted by atomic mass is 35.5. The van der Waals surface area contributed by atoms with Crippen LogP contribution in [0.25, 0.3) is 0 Å². The number of benzene rings is 2. The molecule has 35 heavy (non-hydrogen) atoms. The number of carbonyl (C=O) groups is 2. The fourth-order valence-electron chi connectivity index (χ4n) is 2.97. The Morgan fingerprint density at radius 3 is 2.09 bits per heavy atom. The first kappa shape index (κ1) is 28.2. The van der Waals surface area contributed by atoms with Crippen molar-refractivity contribution in [3.63, 3.8) is 0 Å². The monoisotopic (exact) mass is 525 g/mol. The Morgan fingerprint density at radius 2 is 1.49 bits per heavy atom. The molecule has 1 N–H and O–H groups in total. The fourth-order valence-corrected chi connectivity index (χ4v) is 3.42. The van der Waals surface area contributed by atoms with E-state index in [0.717, 1.165) is 0 Å². The van der Waals surface area contributed by atoms with Crippen molar-refractivity contribution in [1.82, 2.24) is 0 Å².